The largest absolute Gasteiger partial charge is 0.456 e. The summed E-state index contributed by atoms with van der Waals surface area (Å²) in [6.45, 7) is 3.84. The lowest BCUT2D eigenvalue weighted by molar-refractivity contribution is -0.153. The zero-order valence-electron chi connectivity index (χ0n) is 17.7. The van der Waals surface area contributed by atoms with Gasteiger partial charge < -0.3 is 14.6 Å². The number of sulfone groups is 1. The number of nitrogens with zero attached hydrogens (tertiary/aromatic N) is 2. The molecule has 0 saturated carbocycles. The topological polar surface area (TPSA) is 126 Å². The quantitative estimate of drug-likeness (QED) is 0.597. The maximum absolute atomic E-state index is 12.6. The van der Waals surface area contributed by atoms with Crippen molar-refractivity contribution in [1.29, 1.82) is 0 Å². The molecular formula is C21H27N3O6S. The van der Waals surface area contributed by atoms with Crippen LogP contribution in [0.1, 0.15) is 32.5 Å². The number of para-hydroxylation sites is 1. The van der Waals surface area contributed by atoms with E-state index in [1.165, 1.54) is 4.90 Å². The summed E-state index contributed by atoms with van der Waals surface area (Å²) in [6.07, 6.45) is 0.524. The van der Waals surface area contributed by atoms with Crippen molar-refractivity contribution in [2.75, 3.05) is 24.7 Å². The molecule has 1 fully saturated rings. The summed E-state index contributed by atoms with van der Waals surface area (Å²) in [5.74, 6) is -0.464. The number of nitrogens with one attached hydrogen (secondary N) is 1. The first-order valence-corrected chi connectivity index (χ1v) is 12.1. The first-order chi connectivity index (χ1) is 14.6. The van der Waals surface area contributed by atoms with Gasteiger partial charge in [0.25, 0.3) is 11.5 Å². The molecule has 31 heavy (non-hydrogen) atoms. The fourth-order valence-electron chi connectivity index (χ4n) is 3.64. The number of rotatable bonds is 8. The number of benzene rings is 1. The van der Waals surface area contributed by atoms with Crippen molar-refractivity contribution < 1.29 is 22.7 Å². The lowest BCUT2D eigenvalue weighted by Gasteiger charge is -2.29. The molecule has 1 aromatic heterocycles. The van der Waals surface area contributed by atoms with E-state index in [4.69, 9.17) is 4.74 Å². The molecule has 0 spiro atoms. The zero-order valence-corrected chi connectivity index (χ0v) is 18.5. The van der Waals surface area contributed by atoms with E-state index in [2.05, 4.69) is 9.97 Å². The van der Waals surface area contributed by atoms with E-state index in [9.17, 15) is 22.8 Å². The van der Waals surface area contributed by atoms with Gasteiger partial charge in [-0.15, -0.1) is 0 Å². The number of aryl methyl sites for hydroxylation is 1. The number of aromatic nitrogens is 2. The molecule has 1 aliphatic heterocycles. The number of esters is 1. The standard InChI is InChI=1S/C21H27N3O6S/c1-14(2)11-24(15-9-10-31(28,29)13-15)19(25)12-30-20(26)8-7-18-22-17-6-4-3-5-16(17)21(27)23-18/h3-6,14-15H,7-13H2,1-2H3,(H,22,23,27). The molecule has 10 heteroatoms. The minimum Gasteiger partial charge on any atom is -0.456 e. The number of aromatic amines is 1. The van der Waals surface area contributed by atoms with Crippen LogP contribution in [0.15, 0.2) is 29.1 Å². The highest BCUT2D eigenvalue weighted by atomic mass is 32.2. The smallest absolute Gasteiger partial charge is 0.306 e. The Bertz CT molecular complexity index is 1130. The molecule has 1 atom stereocenters. The Kier molecular flexibility index (Phi) is 7.09. The Morgan fingerprint density at radius 2 is 2.03 bits per heavy atom. The number of carbonyl (C=O) groups excluding carboxylic acids is 2. The van der Waals surface area contributed by atoms with Crippen LogP contribution < -0.4 is 5.56 Å². The molecule has 1 aliphatic rings. The molecule has 2 heterocycles. The van der Waals surface area contributed by atoms with E-state index in [1.807, 2.05) is 13.8 Å². The number of amides is 1. The first kappa shape index (κ1) is 22.9. The second-order valence-electron chi connectivity index (χ2n) is 8.19. The molecule has 3 rings (SSSR count). The van der Waals surface area contributed by atoms with Gasteiger partial charge in [0.05, 0.1) is 28.8 Å². The summed E-state index contributed by atoms with van der Waals surface area (Å²) in [7, 11) is -3.14. The second kappa shape index (κ2) is 9.59. The van der Waals surface area contributed by atoms with Crippen LogP contribution in [0.5, 0.6) is 0 Å². The van der Waals surface area contributed by atoms with Crippen LogP contribution in [0.25, 0.3) is 10.9 Å². The molecule has 2 aromatic rings. The van der Waals surface area contributed by atoms with Crippen LogP contribution in [-0.4, -0.2) is 65.9 Å². The Morgan fingerprint density at radius 1 is 1.29 bits per heavy atom. The van der Waals surface area contributed by atoms with E-state index in [0.29, 0.717) is 29.7 Å². The molecule has 1 amide bonds. The van der Waals surface area contributed by atoms with Gasteiger partial charge in [-0.05, 0) is 24.5 Å². The number of hydrogen-bond donors (Lipinski definition) is 1. The molecular weight excluding hydrogens is 422 g/mol. The van der Waals surface area contributed by atoms with Crippen LogP contribution >= 0.6 is 0 Å². The Labute approximate surface area is 180 Å². The second-order valence-corrected chi connectivity index (χ2v) is 10.4. The summed E-state index contributed by atoms with van der Waals surface area (Å²) in [5.41, 5.74) is 0.264. The van der Waals surface area contributed by atoms with Crippen molar-refractivity contribution >= 4 is 32.6 Å². The summed E-state index contributed by atoms with van der Waals surface area (Å²) in [4.78, 5) is 45.4. The van der Waals surface area contributed by atoms with Crippen LogP contribution in [0.3, 0.4) is 0 Å². The number of fused-ring (bicyclic) bond motifs is 1. The predicted octanol–water partition coefficient (Wildman–Crippen LogP) is 1.07. The van der Waals surface area contributed by atoms with Crippen LogP contribution in [0.2, 0.25) is 0 Å². The van der Waals surface area contributed by atoms with E-state index < -0.39 is 28.3 Å². The molecule has 1 aromatic carbocycles. The Balaban J connectivity index is 1.55. The normalized spacial score (nSPS) is 17.7. The van der Waals surface area contributed by atoms with Gasteiger partial charge in [0.2, 0.25) is 0 Å². The molecule has 1 unspecified atom stereocenters. The predicted molar refractivity (Wildman–Crippen MR) is 115 cm³/mol. The molecule has 1 saturated heterocycles. The maximum Gasteiger partial charge on any atom is 0.306 e. The molecule has 0 radical (unpaired) electrons. The van der Waals surface area contributed by atoms with Crippen LogP contribution in [0, 0.1) is 5.92 Å². The average molecular weight is 450 g/mol. The zero-order chi connectivity index (χ0) is 22.6. The van der Waals surface area contributed by atoms with E-state index in [1.54, 1.807) is 24.3 Å². The lowest BCUT2D eigenvalue weighted by Crippen LogP contribution is -2.45. The fraction of sp³-hybridized carbons (Fsp3) is 0.524. The number of ether oxygens (including phenoxy) is 1. The minimum atomic E-state index is -3.14. The number of hydrogen-bond acceptors (Lipinski definition) is 7. The average Bonchev–Trinajstić information content (AvgIpc) is 3.08. The highest BCUT2D eigenvalue weighted by Gasteiger charge is 2.35. The Hall–Kier alpha value is -2.75. The Morgan fingerprint density at radius 3 is 2.71 bits per heavy atom. The van der Waals surface area contributed by atoms with Gasteiger partial charge in [0.15, 0.2) is 16.4 Å². The third kappa shape index (κ3) is 6.13. The van der Waals surface area contributed by atoms with Gasteiger partial charge in [0.1, 0.15) is 5.82 Å². The number of H-pyrrole nitrogens is 1. The molecule has 168 valence electrons. The highest BCUT2D eigenvalue weighted by molar-refractivity contribution is 7.91. The lowest BCUT2D eigenvalue weighted by atomic mass is 10.1. The molecule has 9 nitrogen and oxygen atoms in total. The minimum absolute atomic E-state index is 0.0451. The van der Waals surface area contributed by atoms with Gasteiger partial charge in [-0.1, -0.05) is 26.0 Å². The van der Waals surface area contributed by atoms with Crippen molar-refractivity contribution in [2.45, 2.75) is 39.2 Å². The molecule has 1 N–H and O–H groups in total. The van der Waals surface area contributed by atoms with Crippen molar-refractivity contribution in [3.05, 3.63) is 40.4 Å². The van der Waals surface area contributed by atoms with Crippen molar-refractivity contribution in [2.24, 2.45) is 5.92 Å². The van der Waals surface area contributed by atoms with Crippen LogP contribution in [-0.2, 0) is 30.6 Å². The van der Waals surface area contributed by atoms with Crippen molar-refractivity contribution in [3.63, 3.8) is 0 Å². The van der Waals surface area contributed by atoms with Gasteiger partial charge in [-0.2, -0.15) is 0 Å². The van der Waals surface area contributed by atoms with E-state index in [0.717, 1.165) is 0 Å². The summed E-state index contributed by atoms with van der Waals surface area (Å²) in [5, 5.41) is 0.471. The number of carbonyl (C=O) groups is 2. The van der Waals surface area contributed by atoms with E-state index >= 15 is 0 Å². The van der Waals surface area contributed by atoms with Crippen molar-refractivity contribution in [3.8, 4) is 0 Å². The van der Waals surface area contributed by atoms with Gasteiger partial charge in [-0.25, -0.2) is 13.4 Å². The maximum atomic E-state index is 12.6. The van der Waals surface area contributed by atoms with Crippen LogP contribution in [0.4, 0.5) is 0 Å². The van der Waals surface area contributed by atoms with Crippen molar-refractivity contribution in [1.82, 2.24) is 14.9 Å². The summed E-state index contributed by atoms with van der Waals surface area (Å²) >= 11 is 0. The summed E-state index contributed by atoms with van der Waals surface area (Å²) < 4.78 is 28.7. The van der Waals surface area contributed by atoms with Gasteiger partial charge in [-0.3, -0.25) is 14.4 Å². The monoisotopic (exact) mass is 449 g/mol. The third-order valence-electron chi connectivity index (χ3n) is 5.12. The molecule has 0 bridgehead atoms. The fourth-order valence-corrected chi connectivity index (χ4v) is 5.37. The molecule has 0 aliphatic carbocycles. The summed E-state index contributed by atoms with van der Waals surface area (Å²) in [6, 6.07) is 6.53. The SMILES string of the molecule is CC(C)CN(C(=O)COC(=O)CCc1nc2ccccc2c(=O)[nH]1)C1CCS(=O)(=O)C1. The van der Waals surface area contributed by atoms with Gasteiger partial charge >= 0.3 is 5.97 Å². The third-order valence-corrected chi connectivity index (χ3v) is 6.87. The highest BCUT2D eigenvalue weighted by Crippen LogP contribution is 2.19. The van der Waals surface area contributed by atoms with E-state index in [-0.39, 0.29) is 41.9 Å². The van der Waals surface area contributed by atoms with Gasteiger partial charge in [0, 0.05) is 19.0 Å². The first-order valence-electron chi connectivity index (χ1n) is 10.3.